The second-order valence-electron chi connectivity index (χ2n) is 11.8. The van der Waals surface area contributed by atoms with E-state index < -0.39 is 11.6 Å². The summed E-state index contributed by atoms with van der Waals surface area (Å²) in [5.74, 6) is 1.26. The Labute approximate surface area is 247 Å². The van der Waals surface area contributed by atoms with E-state index in [0.717, 1.165) is 49.3 Å². The first-order valence-corrected chi connectivity index (χ1v) is 14.5. The second kappa shape index (κ2) is 12.8. The van der Waals surface area contributed by atoms with Crippen molar-refractivity contribution in [3.8, 4) is 17.4 Å². The Hall–Kier alpha value is -4.11. The monoisotopic (exact) mass is 573 g/mol. The highest BCUT2D eigenvalue weighted by molar-refractivity contribution is 5.71. The molecule has 9 nitrogen and oxygen atoms in total. The molecule has 0 N–H and O–H groups in total. The zero-order valence-corrected chi connectivity index (χ0v) is 24.7. The van der Waals surface area contributed by atoms with E-state index in [4.69, 9.17) is 18.9 Å². The number of pyridine rings is 1. The highest BCUT2D eigenvalue weighted by Crippen LogP contribution is 2.33. The third-order valence-corrected chi connectivity index (χ3v) is 7.43. The number of aromatic nitrogens is 1. The van der Waals surface area contributed by atoms with E-state index in [2.05, 4.69) is 28.1 Å². The van der Waals surface area contributed by atoms with E-state index in [9.17, 15) is 9.59 Å². The van der Waals surface area contributed by atoms with E-state index in [1.54, 1.807) is 24.3 Å². The fraction of sp³-hybridized carbons (Fsp3) is 0.424. The molecular formula is C33H39N3O6. The number of aryl methyl sites for hydroxylation is 1. The molecule has 0 aliphatic carbocycles. The Kier molecular flexibility index (Phi) is 8.97. The highest BCUT2D eigenvalue weighted by atomic mass is 16.6. The van der Waals surface area contributed by atoms with Crippen LogP contribution >= 0.6 is 0 Å². The predicted octanol–water partition coefficient (Wildman–Crippen LogP) is 6.06. The first-order chi connectivity index (χ1) is 20.1. The predicted molar refractivity (Wildman–Crippen MR) is 157 cm³/mol. The van der Waals surface area contributed by atoms with Crippen LogP contribution in [-0.2, 0) is 20.8 Å². The first kappa shape index (κ1) is 29.4. The van der Waals surface area contributed by atoms with Crippen molar-refractivity contribution in [1.82, 2.24) is 14.8 Å². The summed E-state index contributed by atoms with van der Waals surface area (Å²) < 4.78 is 22.2. The number of cyclic esters (lactones) is 1. The van der Waals surface area contributed by atoms with Crippen LogP contribution < -0.4 is 9.47 Å². The Bertz CT molecular complexity index is 1360. The van der Waals surface area contributed by atoms with Crippen LogP contribution in [0.15, 0.2) is 66.7 Å². The van der Waals surface area contributed by atoms with Gasteiger partial charge >= 0.3 is 12.1 Å². The lowest BCUT2D eigenvalue weighted by atomic mass is 9.98. The molecule has 2 aliphatic heterocycles. The van der Waals surface area contributed by atoms with Crippen LogP contribution in [0.2, 0.25) is 0 Å². The lowest BCUT2D eigenvalue weighted by Crippen LogP contribution is -2.46. The molecule has 3 heterocycles. The van der Waals surface area contributed by atoms with Crippen LogP contribution in [0.25, 0.3) is 0 Å². The summed E-state index contributed by atoms with van der Waals surface area (Å²) in [7, 11) is 0. The molecule has 2 fully saturated rings. The third kappa shape index (κ3) is 7.59. The van der Waals surface area contributed by atoms with Gasteiger partial charge in [-0.1, -0.05) is 36.4 Å². The van der Waals surface area contributed by atoms with Crippen LogP contribution in [0.4, 0.5) is 4.79 Å². The molecule has 2 saturated heterocycles. The van der Waals surface area contributed by atoms with Gasteiger partial charge in [-0.05, 0) is 75.9 Å². The summed E-state index contributed by atoms with van der Waals surface area (Å²) in [6, 6.07) is 21.3. The Morgan fingerprint density at radius 1 is 0.976 bits per heavy atom. The molecule has 5 rings (SSSR count). The number of benzene rings is 2. The van der Waals surface area contributed by atoms with Gasteiger partial charge in [-0.15, -0.1) is 0 Å². The van der Waals surface area contributed by atoms with Gasteiger partial charge in [0.25, 0.3) is 0 Å². The summed E-state index contributed by atoms with van der Waals surface area (Å²) in [5, 5.41) is 0. The van der Waals surface area contributed by atoms with E-state index in [1.807, 2.05) is 56.9 Å². The van der Waals surface area contributed by atoms with Gasteiger partial charge in [0, 0.05) is 37.4 Å². The number of hydrogen-bond acceptors (Lipinski definition) is 8. The normalized spacial score (nSPS) is 18.0. The van der Waals surface area contributed by atoms with Gasteiger partial charge in [0.15, 0.2) is 6.61 Å². The largest absolute Gasteiger partial charge is 0.482 e. The van der Waals surface area contributed by atoms with Crippen LogP contribution in [0.3, 0.4) is 0 Å². The van der Waals surface area contributed by atoms with Gasteiger partial charge in [-0.3, -0.25) is 9.80 Å². The van der Waals surface area contributed by atoms with Gasteiger partial charge in [0.1, 0.15) is 23.7 Å². The number of piperidine rings is 1. The number of amides is 1. The lowest BCUT2D eigenvalue weighted by Gasteiger charge is -2.38. The average Bonchev–Trinajstić information content (AvgIpc) is 3.35. The van der Waals surface area contributed by atoms with Gasteiger partial charge in [-0.2, -0.15) is 0 Å². The van der Waals surface area contributed by atoms with Crippen molar-refractivity contribution in [2.24, 2.45) is 0 Å². The molecular weight excluding hydrogens is 534 g/mol. The molecule has 0 bridgehead atoms. The number of likely N-dealkylation sites (tertiary alicyclic amines) is 1. The van der Waals surface area contributed by atoms with E-state index in [0.29, 0.717) is 24.0 Å². The molecule has 3 aromatic rings. The molecule has 2 aromatic carbocycles. The zero-order valence-electron chi connectivity index (χ0n) is 24.7. The molecule has 0 spiro atoms. The van der Waals surface area contributed by atoms with Crippen LogP contribution in [0.1, 0.15) is 56.5 Å². The quantitative estimate of drug-likeness (QED) is 0.285. The Balaban J connectivity index is 1.11. The number of esters is 1. The van der Waals surface area contributed by atoms with E-state index >= 15 is 0 Å². The van der Waals surface area contributed by atoms with Crippen LogP contribution in [0.5, 0.6) is 17.4 Å². The van der Waals surface area contributed by atoms with Crippen molar-refractivity contribution in [2.45, 2.75) is 64.8 Å². The van der Waals surface area contributed by atoms with Gasteiger partial charge < -0.3 is 18.9 Å². The zero-order chi connectivity index (χ0) is 29.7. The van der Waals surface area contributed by atoms with Crippen LogP contribution in [0, 0.1) is 6.92 Å². The van der Waals surface area contributed by atoms with Crippen molar-refractivity contribution >= 4 is 12.1 Å². The minimum Gasteiger partial charge on any atom is -0.482 e. The molecule has 0 saturated carbocycles. The number of carbonyl (C=O) groups is 2. The smallest absolute Gasteiger partial charge is 0.410 e. The number of rotatable bonds is 9. The minimum atomic E-state index is -0.548. The summed E-state index contributed by atoms with van der Waals surface area (Å²) in [6.07, 6.45) is 1.61. The molecule has 2 aliphatic rings. The SMILES string of the molecule is Cc1nc(Oc2ccc(OCC(=O)OC(C)(C)C)cc2)ccc1CN1CCC(N2C(=O)OCC2c2ccccc2)CC1. The standard InChI is InChI=1S/C33H39N3O6/c1-23-25(10-15-30(34-23)41-28-13-11-27(12-14-28)39-22-31(37)42-33(2,3)4)20-35-18-16-26(17-19-35)36-29(21-40-32(36)38)24-8-6-5-7-9-24/h5-15,26,29H,16-22H2,1-4H3. The fourth-order valence-corrected chi connectivity index (χ4v) is 5.39. The van der Waals surface area contributed by atoms with Crippen molar-refractivity contribution in [3.05, 3.63) is 83.6 Å². The third-order valence-electron chi connectivity index (χ3n) is 7.43. The topological polar surface area (TPSA) is 90.4 Å². The molecule has 1 atom stereocenters. The number of ether oxygens (including phenoxy) is 4. The molecule has 1 aromatic heterocycles. The van der Waals surface area contributed by atoms with Crippen LogP contribution in [-0.4, -0.2) is 64.8 Å². The highest BCUT2D eigenvalue weighted by Gasteiger charge is 2.40. The summed E-state index contributed by atoms with van der Waals surface area (Å²) in [6.45, 7) is 10.3. The average molecular weight is 574 g/mol. The molecule has 1 unspecified atom stereocenters. The number of nitrogens with zero attached hydrogens (tertiary/aromatic N) is 3. The summed E-state index contributed by atoms with van der Waals surface area (Å²) in [5.41, 5.74) is 2.64. The summed E-state index contributed by atoms with van der Waals surface area (Å²) >= 11 is 0. The Morgan fingerprint density at radius 3 is 2.33 bits per heavy atom. The van der Waals surface area contributed by atoms with Crippen molar-refractivity contribution in [2.75, 3.05) is 26.3 Å². The molecule has 1 amide bonds. The fourth-order valence-electron chi connectivity index (χ4n) is 5.39. The van der Waals surface area contributed by atoms with Crippen molar-refractivity contribution in [3.63, 3.8) is 0 Å². The Morgan fingerprint density at radius 2 is 1.67 bits per heavy atom. The van der Waals surface area contributed by atoms with Crippen molar-refractivity contribution < 1.29 is 28.5 Å². The lowest BCUT2D eigenvalue weighted by molar-refractivity contribution is -0.157. The summed E-state index contributed by atoms with van der Waals surface area (Å²) in [4.78, 5) is 33.5. The molecule has 0 radical (unpaired) electrons. The maximum atomic E-state index is 12.6. The second-order valence-corrected chi connectivity index (χ2v) is 11.8. The van der Waals surface area contributed by atoms with E-state index in [-0.39, 0.29) is 24.8 Å². The van der Waals surface area contributed by atoms with Gasteiger partial charge in [0.05, 0.1) is 6.04 Å². The van der Waals surface area contributed by atoms with Gasteiger partial charge in [-0.25, -0.2) is 14.6 Å². The number of hydrogen-bond donors (Lipinski definition) is 0. The van der Waals surface area contributed by atoms with Crippen molar-refractivity contribution in [1.29, 1.82) is 0 Å². The molecule has 42 heavy (non-hydrogen) atoms. The van der Waals surface area contributed by atoms with Gasteiger partial charge in [0.2, 0.25) is 5.88 Å². The number of carbonyl (C=O) groups excluding carboxylic acids is 2. The first-order valence-electron chi connectivity index (χ1n) is 14.5. The van der Waals surface area contributed by atoms with E-state index in [1.165, 1.54) is 0 Å². The maximum absolute atomic E-state index is 12.6. The molecule has 222 valence electrons. The minimum absolute atomic E-state index is 0.0183. The maximum Gasteiger partial charge on any atom is 0.410 e. The molecule has 9 heteroatoms.